The highest BCUT2D eigenvalue weighted by molar-refractivity contribution is 7.15. The molecule has 0 bridgehead atoms. The van der Waals surface area contributed by atoms with E-state index in [1.165, 1.54) is 35.6 Å². The predicted octanol–water partition coefficient (Wildman–Crippen LogP) is 3.51. The Kier molecular flexibility index (Phi) is 5.70. The normalized spacial score (nSPS) is 10.3. The zero-order valence-corrected chi connectivity index (χ0v) is 15.5. The van der Waals surface area contributed by atoms with Gasteiger partial charge in [0.1, 0.15) is 5.01 Å². The van der Waals surface area contributed by atoms with E-state index in [2.05, 4.69) is 20.8 Å². The van der Waals surface area contributed by atoms with Gasteiger partial charge in [0.25, 0.3) is 17.5 Å². The minimum Gasteiger partial charge on any atom is -0.321 e. The summed E-state index contributed by atoms with van der Waals surface area (Å²) in [6.07, 6.45) is 0.712. The number of carbonyl (C=O) groups is 2. The van der Waals surface area contributed by atoms with Crippen LogP contribution in [0.5, 0.6) is 0 Å². The fraction of sp³-hybridized carbons (Fsp3) is 0.111. The maximum Gasteiger partial charge on any atom is 0.270 e. The third-order valence-corrected chi connectivity index (χ3v) is 4.71. The van der Waals surface area contributed by atoms with Crippen molar-refractivity contribution in [3.05, 3.63) is 74.8 Å². The summed E-state index contributed by atoms with van der Waals surface area (Å²) in [6, 6.07) is 11.8. The van der Waals surface area contributed by atoms with Crippen LogP contribution in [0, 0.1) is 10.1 Å². The van der Waals surface area contributed by atoms with Crippen LogP contribution in [-0.4, -0.2) is 26.9 Å². The molecule has 9 nitrogen and oxygen atoms in total. The summed E-state index contributed by atoms with van der Waals surface area (Å²) in [5.41, 5.74) is 0.425. The van der Waals surface area contributed by atoms with E-state index in [4.69, 9.17) is 0 Å². The van der Waals surface area contributed by atoms with E-state index in [0.29, 0.717) is 11.6 Å². The smallest absolute Gasteiger partial charge is 0.270 e. The van der Waals surface area contributed by atoms with Crippen molar-refractivity contribution >= 4 is 39.7 Å². The third kappa shape index (κ3) is 4.35. The monoisotopic (exact) mass is 397 g/mol. The van der Waals surface area contributed by atoms with Crippen LogP contribution in [-0.2, 0) is 6.42 Å². The number of aryl methyl sites for hydroxylation is 1. The number of aromatic nitrogens is 2. The van der Waals surface area contributed by atoms with Crippen LogP contribution >= 0.6 is 11.3 Å². The molecule has 142 valence electrons. The largest absolute Gasteiger partial charge is 0.321 e. The van der Waals surface area contributed by atoms with Gasteiger partial charge in [-0.3, -0.25) is 25.0 Å². The minimum absolute atomic E-state index is 0.112. The number of anilines is 2. The van der Waals surface area contributed by atoms with Crippen LogP contribution in [0.15, 0.2) is 48.5 Å². The SMILES string of the molecule is CCc1nnc(NC(=O)c2ccccc2NC(=O)c2cccc([N+](=O)[O-])c2)s1. The van der Waals surface area contributed by atoms with E-state index < -0.39 is 16.7 Å². The molecule has 28 heavy (non-hydrogen) atoms. The lowest BCUT2D eigenvalue weighted by atomic mass is 10.1. The molecule has 0 aliphatic heterocycles. The second-order valence-electron chi connectivity index (χ2n) is 5.62. The number of carbonyl (C=O) groups excluding carboxylic acids is 2. The average Bonchev–Trinajstić information content (AvgIpc) is 3.16. The Labute approximate surface area is 163 Å². The number of rotatable bonds is 6. The average molecular weight is 397 g/mol. The molecule has 0 aliphatic rings. The van der Waals surface area contributed by atoms with Gasteiger partial charge >= 0.3 is 0 Å². The van der Waals surface area contributed by atoms with Crippen molar-refractivity contribution in [2.45, 2.75) is 13.3 Å². The molecule has 2 aromatic carbocycles. The van der Waals surface area contributed by atoms with Crippen molar-refractivity contribution in [1.82, 2.24) is 10.2 Å². The number of nitrogens with one attached hydrogen (secondary N) is 2. The first kappa shape index (κ1) is 19.1. The fourth-order valence-corrected chi connectivity index (χ4v) is 3.03. The quantitative estimate of drug-likeness (QED) is 0.484. The summed E-state index contributed by atoms with van der Waals surface area (Å²) < 4.78 is 0. The van der Waals surface area contributed by atoms with Gasteiger partial charge in [-0.05, 0) is 24.6 Å². The number of para-hydroxylation sites is 1. The lowest BCUT2D eigenvalue weighted by Crippen LogP contribution is -2.18. The molecule has 2 amide bonds. The Morgan fingerprint density at radius 1 is 1.07 bits per heavy atom. The van der Waals surface area contributed by atoms with Gasteiger partial charge in [-0.25, -0.2) is 0 Å². The van der Waals surface area contributed by atoms with Crippen LogP contribution in [0.3, 0.4) is 0 Å². The molecule has 0 fully saturated rings. The minimum atomic E-state index is -0.579. The molecule has 10 heteroatoms. The van der Waals surface area contributed by atoms with Crippen molar-refractivity contribution in [3.8, 4) is 0 Å². The molecule has 2 N–H and O–H groups in total. The summed E-state index contributed by atoms with van der Waals surface area (Å²) in [5.74, 6) is -1.01. The highest BCUT2D eigenvalue weighted by Gasteiger charge is 2.17. The van der Waals surface area contributed by atoms with Crippen LogP contribution in [0.1, 0.15) is 32.6 Å². The Hall–Kier alpha value is -3.66. The first-order valence-corrected chi connectivity index (χ1v) is 9.08. The van der Waals surface area contributed by atoms with E-state index in [0.717, 1.165) is 5.01 Å². The Morgan fingerprint density at radius 3 is 2.57 bits per heavy atom. The van der Waals surface area contributed by atoms with E-state index in [9.17, 15) is 19.7 Å². The first-order valence-electron chi connectivity index (χ1n) is 8.26. The molecule has 0 saturated heterocycles. The zero-order chi connectivity index (χ0) is 20.1. The van der Waals surface area contributed by atoms with E-state index >= 15 is 0 Å². The summed E-state index contributed by atoms with van der Waals surface area (Å²) in [6.45, 7) is 1.94. The Bertz CT molecular complexity index is 1050. The zero-order valence-electron chi connectivity index (χ0n) is 14.7. The second kappa shape index (κ2) is 8.35. The Morgan fingerprint density at radius 2 is 1.86 bits per heavy atom. The van der Waals surface area contributed by atoms with Crippen LogP contribution in [0.2, 0.25) is 0 Å². The number of hydrogen-bond acceptors (Lipinski definition) is 7. The predicted molar refractivity (Wildman–Crippen MR) is 105 cm³/mol. The molecule has 0 unspecified atom stereocenters. The fourth-order valence-electron chi connectivity index (χ4n) is 2.36. The number of nitro groups is 1. The van der Waals surface area contributed by atoms with Gasteiger partial charge in [-0.15, -0.1) is 10.2 Å². The lowest BCUT2D eigenvalue weighted by molar-refractivity contribution is -0.384. The van der Waals surface area contributed by atoms with E-state index in [1.807, 2.05) is 6.92 Å². The molecule has 0 radical (unpaired) electrons. The van der Waals surface area contributed by atoms with Gasteiger partial charge in [-0.2, -0.15) is 0 Å². The van der Waals surface area contributed by atoms with Gasteiger partial charge in [0.2, 0.25) is 5.13 Å². The van der Waals surface area contributed by atoms with Gasteiger partial charge in [0.05, 0.1) is 16.2 Å². The molecule has 3 rings (SSSR count). The standard InChI is InChI=1S/C18H15N5O4S/c1-2-15-21-22-18(28-15)20-17(25)13-8-3-4-9-14(13)19-16(24)11-6-5-7-12(10-11)23(26)27/h3-10H,2H2,1H3,(H,19,24)(H,20,22,25). The lowest BCUT2D eigenvalue weighted by Gasteiger charge is -2.10. The van der Waals surface area contributed by atoms with Crippen molar-refractivity contribution in [1.29, 1.82) is 0 Å². The maximum absolute atomic E-state index is 12.6. The van der Waals surface area contributed by atoms with Gasteiger partial charge in [0, 0.05) is 17.7 Å². The van der Waals surface area contributed by atoms with Gasteiger partial charge in [-0.1, -0.05) is 36.5 Å². The van der Waals surface area contributed by atoms with E-state index in [1.54, 1.807) is 24.3 Å². The summed E-state index contributed by atoms with van der Waals surface area (Å²) in [7, 11) is 0. The molecule has 1 aromatic heterocycles. The van der Waals surface area contributed by atoms with E-state index in [-0.39, 0.29) is 22.5 Å². The molecular formula is C18H15N5O4S. The molecule has 0 atom stereocenters. The van der Waals surface area contributed by atoms with Crippen LogP contribution < -0.4 is 10.6 Å². The summed E-state index contributed by atoms with van der Waals surface area (Å²) in [5, 5.41) is 25.2. The number of nitrogens with zero attached hydrogens (tertiary/aromatic N) is 3. The number of non-ortho nitro benzene ring substituents is 1. The number of benzene rings is 2. The highest BCUT2D eigenvalue weighted by Crippen LogP contribution is 2.21. The first-order chi connectivity index (χ1) is 13.5. The van der Waals surface area contributed by atoms with Crippen molar-refractivity contribution in [3.63, 3.8) is 0 Å². The summed E-state index contributed by atoms with van der Waals surface area (Å²) >= 11 is 1.27. The van der Waals surface area contributed by atoms with Gasteiger partial charge < -0.3 is 5.32 Å². The topological polar surface area (TPSA) is 127 Å². The highest BCUT2D eigenvalue weighted by atomic mass is 32.1. The third-order valence-electron chi connectivity index (χ3n) is 3.73. The molecule has 0 aliphatic carbocycles. The molecular weight excluding hydrogens is 382 g/mol. The maximum atomic E-state index is 12.6. The second-order valence-corrected chi connectivity index (χ2v) is 6.68. The van der Waals surface area contributed by atoms with Crippen LogP contribution in [0.25, 0.3) is 0 Å². The van der Waals surface area contributed by atoms with Crippen molar-refractivity contribution in [2.75, 3.05) is 10.6 Å². The molecule has 1 heterocycles. The van der Waals surface area contributed by atoms with Crippen molar-refractivity contribution < 1.29 is 14.5 Å². The number of amides is 2. The molecule has 3 aromatic rings. The van der Waals surface area contributed by atoms with Crippen molar-refractivity contribution in [2.24, 2.45) is 0 Å². The van der Waals surface area contributed by atoms with Gasteiger partial charge in [0.15, 0.2) is 0 Å². The number of nitro benzene ring substituents is 1. The van der Waals surface area contributed by atoms with Crippen LogP contribution in [0.4, 0.5) is 16.5 Å². The Balaban J connectivity index is 1.80. The summed E-state index contributed by atoms with van der Waals surface area (Å²) in [4.78, 5) is 35.4. The molecule has 0 saturated carbocycles. The number of hydrogen-bond donors (Lipinski definition) is 2. The molecule has 0 spiro atoms.